The van der Waals surface area contributed by atoms with Crippen molar-refractivity contribution in [3.8, 4) is 0 Å². The van der Waals surface area contributed by atoms with E-state index < -0.39 is 15.8 Å². The van der Waals surface area contributed by atoms with Crippen LogP contribution in [0.25, 0.3) is 0 Å². The normalized spacial score (nSPS) is 26.6. The Balaban J connectivity index is 2.87. The molecule has 1 aromatic heterocycles. The zero-order valence-corrected chi connectivity index (χ0v) is 6.75. The average Bonchev–Trinajstić information content (AvgIpc) is 2.25. The summed E-state index contributed by atoms with van der Waals surface area (Å²) < 4.78 is 14.7. The summed E-state index contributed by atoms with van der Waals surface area (Å²) in [4.78, 5) is 15.0. The minimum absolute atomic E-state index is 0.231. The molecule has 0 fully saturated rings. The second-order valence-corrected chi connectivity index (χ2v) is 4.10. The lowest BCUT2D eigenvalue weighted by atomic mass is 10.3. The molecular formula is C6H5N3O2S. The molecule has 1 aliphatic rings. The lowest BCUT2D eigenvalue weighted by molar-refractivity contribution is 0.101. The van der Waals surface area contributed by atoms with Crippen molar-refractivity contribution in [2.45, 2.75) is 4.90 Å². The third kappa shape index (κ3) is 0.853. The third-order valence-electron chi connectivity index (χ3n) is 1.55. The summed E-state index contributed by atoms with van der Waals surface area (Å²) in [5.74, 6) is -0.528. The highest BCUT2D eigenvalue weighted by Gasteiger charge is 2.25. The van der Waals surface area contributed by atoms with Crippen LogP contribution < -0.4 is 5.14 Å². The largest absolute Gasteiger partial charge is 0.287 e. The van der Waals surface area contributed by atoms with Gasteiger partial charge in [0.2, 0.25) is 0 Å². The van der Waals surface area contributed by atoms with E-state index in [4.69, 9.17) is 5.14 Å². The van der Waals surface area contributed by atoms with Crippen LogP contribution in [0.4, 0.5) is 0 Å². The van der Waals surface area contributed by atoms with Crippen LogP contribution in [0.5, 0.6) is 0 Å². The highest BCUT2D eigenvalue weighted by molar-refractivity contribution is 7.92. The first-order valence-corrected chi connectivity index (χ1v) is 4.72. The molecule has 0 saturated carbocycles. The Hall–Kier alpha value is -1.27. The van der Waals surface area contributed by atoms with Gasteiger partial charge in [-0.1, -0.05) is 0 Å². The Morgan fingerprint density at radius 2 is 2.25 bits per heavy atom. The van der Waals surface area contributed by atoms with Crippen molar-refractivity contribution >= 4 is 15.8 Å². The number of carbonyl (C=O) groups is 1. The lowest BCUT2D eigenvalue weighted by Crippen LogP contribution is -2.09. The fourth-order valence-corrected chi connectivity index (χ4v) is 2.14. The van der Waals surface area contributed by atoms with Crippen molar-refractivity contribution in [2.75, 3.05) is 0 Å². The van der Waals surface area contributed by atoms with Crippen LogP contribution in [0.2, 0.25) is 0 Å². The summed E-state index contributed by atoms with van der Waals surface area (Å²) in [6, 6.07) is 1.46. The first-order chi connectivity index (χ1) is 5.61. The van der Waals surface area contributed by atoms with Crippen LogP contribution in [-0.2, 0) is 9.92 Å². The Kier molecular flexibility index (Phi) is 1.30. The molecule has 0 spiro atoms. The number of aromatic nitrogens is 1. The Morgan fingerprint density at radius 1 is 1.50 bits per heavy atom. The third-order valence-corrected chi connectivity index (χ3v) is 2.94. The van der Waals surface area contributed by atoms with E-state index in [1.165, 1.54) is 18.5 Å². The van der Waals surface area contributed by atoms with E-state index in [0.29, 0.717) is 0 Å². The fourth-order valence-electron chi connectivity index (χ4n) is 1.01. The topological polar surface area (TPSA) is 85.4 Å². The van der Waals surface area contributed by atoms with Gasteiger partial charge in [0, 0.05) is 12.4 Å². The molecule has 6 heteroatoms. The minimum atomic E-state index is -2.99. The molecule has 12 heavy (non-hydrogen) atoms. The van der Waals surface area contributed by atoms with Gasteiger partial charge < -0.3 is 0 Å². The van der Waals surface area contributed by atoms with Gasteiger partial charge in [0.05, 0.1) is 10.5 Å². The predicted octanol–water partition coefficient (Wildman–Crippen LogP) is -0.0640. The summed E-state index contributed by atoms with van der Waals surface area (Å²) in [6.45, 7) is 0. The van der Waals surface area contributed by atoms with Crippen LogP contribution in [0.3, 0.4) is 0 Å². The predicted molar refractivity (Wildman–Crippen MR) is 41.6 cm³/mol. The summed E-state index contributed by atoms with van der Waals surface area (Å²) in [7, 11) is -2.99. The first kappa shape index (κ1) is 7.38. The number of hydrogen-bond donors (Lipinski definition) is 1. The zero-order valence-electron chi connectivity index (χ0n) is 5.93. The summed E-state index contributed by atoms with van der Waals surface area (Å²) in [5, 5.41) is 5.28. The second-order valence-electron chi connectivity index (χ2n) is 2.34. The van der Waals surface area contributed by atoms with Crippen LogP contribution in [0.15, 0.2) is 27.7 Å². The van der Waals surface area contributed by atoms with Gasteiger partial charge >= 0.3 is 0 Å². The summed E-state index contributed by atoms with van der Waals surface area (Å²) in [6.07, 6.45) is 2.75. The van der Waals surface area contributed by atoms with E-state index in [0.717, 1.165) is 0 Å². The number of hydrogen-bond acceptors (Lipinski definition) is 3. The number of nitrogens with zero attached hydrogens (tertiary/aromatic N) is 2. The zero-order chi connectivity index (χ0) is 8.77. The van der Waals surface area contributed by atoms with E-state index in [1.807, 2.05) is 0 Å². The van der Waals surface area contributed by atoms with Gasteiger partial charge in [-0.2, -0.15) is 0 Å². The number of amides is 1. The van der Waals surface area contributed by atoms with Crippen molar-refractivity contribution in [2.24, 2.45) is 9.50 Å². The molecule has 1 unspecified atom stereocenters. The maximum atomic E-state index is 11.4. The van der Waals surface area contributed by atoms with E-state index in [1.54, 1.807) is 0 Å². The SMILES string of the molecule is NS1(=O)=NC(=O)c2ccncc21. The van der Waals surface area contributed by atoms with Gasteiger partial charge in [-0.3, -0.25) is 9.78 Å². The van der Waals surface area contributed by atoms with Crippen LogP contribution in [0.1, 0.15) is 10.4 Å². The Labute approximate surface area is 68.9 Å². The maximum Gasteiger partial charge on any atom is 0.287 e. The molecule has 1 aliphatic heterocycles. The number of fused-ring (bicyclic) bond motifs is 1. The molecule has 0 aliphatic carbocycles. The Bertz CT molecular complexity index is 473. The minimum Gasteiger partial charge on any atom is -0.266 e. The molecule has 0 radical (unpaired) electrons. The molecule has 1 amide bonds. The fraction of sp³-hybridized carbons (Fsp3) is 0. The van der Waals surface area contributed by atoms with Crippen molar-refractivity contribution < 1.29 is 9.00 Å². The molecule has 1 atom stereocenters. The number of rotatable bonds is 0. The molecule has 1 aromatic rings. The molecule has 5 nitrogen and oxygen atoms in total. The number of pyridine rings is 1. The van der Waals surface area contributed by atoms with Gasteiger partial charge in [0.25, 0.3) is 5.91 Å². The van der Waals surface area contributed by atoms with Gasteiger partial charge in [-0.15, -0.1) is 4.36 Å². The van der Waals surface area contributed by atoms with Crippen LogP contribution in [0, 0.1) is 0 Å². The number of carbonyl (C=O) groups excluding carboxylic acids is 1. The van der Waals surface area contributed by atoms with Crippen LogP contribution >= 0.6 is 0 Å². The molecule has 62 valence electrons. The second kappa shape index (κ2) is 2.11. The van der Waals surface area contributed by atoms with Gasteiger partial charge in [0.1, 0.15) is 9.92 Å². The van der Waals surface area contributed by atoms with Crippen molar-refractivity contribution in [3.05, 3.63) is 24.0 Å². The maximum absolute atomic E-state index is 11.4. The van der Waals surface area contributed by atoms with E-state index in [-0.39, 0.29) is 10.5 Å². The smallest absolute Gasteiger partial charge is 0.266 e. The highest BCUT2D eigenvalue weighted by atomic mass is 32.2. The Morgan fingerprint density at radius 3 is 2.92 bits per heavy atom. The number of nitrogens with two attached hydrogens (primary N) is 1. The summed E-state index contributed by atoms with van der Waals surface area (Å²) >= 11 is 0. The van der Waals surface area contributed by atoms with Gasteiger partial charge in [-0.05, 0) is 6.07 Å². The monoisotopic (exact) mass is 183 g/mol. The van der Waals surface area contributed by atoms with E-state index in [9.17, 15) is 9.00 Å². The van der Waals surface area contributed by atoms with E-state index >= 15 is 0 Å². The average molecular weight is 183 g/mol. The molecule has 2 heterocycles. The highest BCUT2D eigenvalue weighted by Crippen LogP contribution is 2.21. The quantitative estimate of drug-likeness (QED) is 0.611. The molecule has 2 rings (SSSR count). The van der Waals surface area contributed by atoms with Gasteiger partial charge in [-0.25, -0.2) is 9.35 Å². The molecular weight excluding hydrogens is 178 g/mol. The van der Waals surface area contributed by atoms with Crippen LogP contribution in [-0.4, -0.2) is 15.1 Å². The molecule has 2 N–H and O–H groups in total. The molecule has 0 bridgehead atoms. The molecule has 0 saturated heterocycles. The van der Waals surface area contributed by atoms with E-state index in [2.05, 4.69) is 9.35 Å². The lowest BCUT2D eigenvalue weighted by Gasteiger charge is -1.95. The van der Waals surface area contributed by atoms with Crippen molar-refractivity contribution in [3.63, 3.8) is 0 Å². The van der Waals surface area contributed by atoms with Crippen molar-refractivity contribution in [1.29, 1.82) is 0 Å². The standard InChI is InChI=1S/C6H5N3O2S/c7-12(11)5-3-8-2-1-4(5)6(10)9-12/h1-3H,(H2,7,9,10,11). The first-order valence-electron chi connectivity index (χ1n) is 3.14. The van der Waals surface area contributed by atoms with Crippen molar-refractivity contribution in [1.82, 2.24) is 4.98 Å². The summed E-state index contributed by atoms with van der Waals surface area (Å²) in [5.41, 5.74) is 0.289. The molecule has 0 aromatic carbocycles. The van der Waals surface area contributed by atoms with Gasteiger partial charge in [0.15, 0.2) is 0 Å².